The standard InChI is InChI=1S/C69H48N4/c1-7-19-52(20-8-1)64-43-58(44-65(70-64)53-21-9-2-10-22-53)49-31-37-61(38-32-49)73(62-39-33-50(34-40-62)59-45-66(54-23-11-3-12-24-54)71-67(46-59)55-25-13-4-14-26-55)63-41-35-51(36-42-63)60-47-68(56-27-15-5-16-28-56)72-69(48-60)57-29-17-6-18-30-57/h1-48H. The minimum atomic E-state index is 0.935. The maximum atomic E-state index is 5.15. The van der Waals surface area contributed by atoms with Gasteiger partial charge in [-0.05, 0) is 106 Å². The lowest BCUT2D eigenvalue weighted by Crippen LogP contribution is -2.09. The Morgan fingerprint density at radius 3 is 0.521 bits per heavy atom. The number of pyridine rings is 3. The Morgan fingerprint density at radius 2 is 0.342 bits per heavy atom. The van der Waals surface area contributed by atoms with Crippen LogP contribution in [0.3, 0.4) is 0 Å². The van der Waals surface area contributed by atoms with Gasteiger partial charge in [-0.15, -0.1) is 0 Å². The van der Waals surface area contributed by atoms with Crippen LogP contribution < -0.4 is 4.90 Å². The number of aromatic nitrogens is 3. The molecule has 0 N–H and O–H groups in total. The predicted octanol–water partition coefficient (Wildman–Crippen LogP) is 18.3. The lowest BCUT2D eigenvalue weighted by atomic mass is 9.98. The molecule has 0 bridgehead atoms. The van der Waals surface area contributed by atoms with Crippen molar-refractivity contribution in [3.05, 3.63) is 291 Å². The Morgan fingerprint density at radius 1 is 0.164 bits per heavy atom. The van der Waals surface area contributed by atoms with Crippen molar-refractivity contribution in [1.29, 1.82) is 0 Å². The smallest absolute Gasteiger partial charge is 0.0715 e. The van der Waals surface area contributed by atoms with Crippen molar-refractivity contribution in [1.82, 2.24) is 15.0 Å². The topological polar surface area (TPSA) is 41.9 Å². The third-order valence-electron chi connectivity index (χ3n) is 13.3. The van der Waals surface area contributed by atoms with Gasteiger partial charge in [-0.1, -0.05) is 218 Å². The molecule has 4 heteroatoms. The molecule has 0 atom stereocenters. The van der Waals surface area contributed by atoms with Crippen molar-refractivity contribution in [3.8, 4) is 101 Å². The van der Waals surface area contributed by atoms with Crippen molar-refractivity contribution in [2.45, 2.75) is 0 Å². The molecule has 12 rings (SSSR count). The molecular weight excluding hydrogens is 885 g/mol. The number of benzene rings is 9. The van der Waals surface area contributed by atoms with Gasteiger partial charge in [0.1, 0.15) is 0 Å². The highest BCUT2D eigenvalue weighted by atomic mass is 15.1. The van der Waals surface area contributed by atoms with Gasteiger partial charge in [-0.2, -0.15) is 0 Å². The zero-order valence-corrected chi connectivity index (χ0v) is 40.0. The molecule has 0 radical (unpaired) electrons. The number of hydrogen-bond acceptors (Lipinski definition) is 4. The van der Waals surface area contributed by atoms with Crippen molar-refractivity contribution < 1.29 is 0 Å². The van der Waals surface area contributed by atoms with Crippen LogP contribution >= 0.6 is 0 Å². The third-order valence-corrected chi connectivity index (χ3v) is 13.3. The Hall–Kier alpha value is -9.77. The number of rotatable bonds is 12. The van der Waals surface area contributed by atoms with Gasteiger partial charge in [-0.25, -0.2) is 15.0 Å². The highest BCUT2D eigenvalue weighted by Gasteiger charge is 2.17. The summed E-state index contributed by atoms with van der Waals surface area (Å²) >= 11 is 0. The summed E-state index contributed by atoms with van der Waals surface area (Å²) in [6.07, 6.45) is 0. The molecule has 4 nitrogen and oxygen atoms in total. The van der Waals surface area contributed by atoms with Crippen molar-refractivity contribution in [2.75, 3.05) is 4.90 Å². The summed E-state index contributed by atoms with van der Waals surface area (Å²) in [6, 6.07) is 102. The van der Waals surface area contributed by atoms with E-state index in [9.17, 15) is 0 Å². The second-order valence-corrected chi connectivity index (χ2v) is 18.1. The van der Waals surface area contributed by atoms with E-state index >= 15 is 0 Å². The summed E-state index contributed by atoms with van der Waals surface area (Å²) in [6.45, 7) is 0. The summed E-state index contributed by atoms with van der Waals surface area (Å²) in [5.74, 6) is 0. The van der Waals surface area contributed by atoms with E-state index < -0.39 is 0 Å². The number of hydrogen-bond donors (Lipinski definition) is 0. The first-order valence-electron chi connectivity index (χ1n) is 24.7. The summed E-state index contributed by atoms with van der Waals surface area (Å²) < 4.78 is 0. The van der Waals surface area contributed by atoms with Gasteiger partial charge in [0.15, 0.2) is 0 Å². The van der Waals surface area contributed by atoms with Gasteiger partial charge < -0.3 is 4.90 Å². The van der Waals surface area contributed by atoms with Crippen LogP contribution in [0.5, 0.6) is 0 Å². The Bertz CT molecular complexity index is 3200. The van der Waals surface area contributed by atoms with Gasteiger partial charge in [0.05, 0.1) is 34.2 Å². The van der Waals surface area contributed by atoms with Crippen LogP contribution in [0.1, 0.15) is 0 Å². The molecule has 0 aliphatic carbocycles. The fourth-order valence-electron chi connectivity index (χ4n) is 9.49. The van der Waals surface area contributed by atoms with Crippen LogP contribution in [0.4, 0.5) is 17.1 Å². The molecule has 3 heterocycles. The van der Waals surface area contributed by atoms with E-state index in [4.69, 9.17) is 15.0 Å². The molecule has 0 aliphatic rings. The SMILES string of the molecule is c1ccc(-c2cc(-c3ccc(N(c4ccc(-c5cc(-c6ccccc6)nc(-c6ccccc6)c5)cc4)c4ccc(-c5cc(-c6ccccc6)nc(-c6ccccc6)c5)cc4)cc3)cc(-c3ccccc3)n2)cc1. The zero-order valence-electron chi connectivity index (χ0n) is 40.0. The lowest BCUT2D eigenvalue weighted by Gasteiger charge is -2.26. The average molecular weight is 933 g/mol. The zero-order chi connectivity index (χ0) is 48.8. The van der Waals surface area contributed by atoms with E-state index in [0.29, 0.717) is 0 Å². The molecule has 0 saturated carbocycles. The highest BCUT2D eigenvalue weighted by molar-refractivity contribution is 5.85. The van der Waals surface area contributed by atoms with E-state index in [1.807, 2.05) is 36.4 Å². The summed E-state index contributed by atoms with van der Waals surface area (Å²) in [5.41, 5.74) is 21.8. The van der Waals surface area contributed by atoms with Gasteiger partial charge in [0, 0.05) is 50.4 Å². The van der Waals surface area contributed by atoms with Gasteiger partial charge in [0.2, 0.25) is 0 Å². The Labute approximate surface area is 426 Å². The van der Waals surface area contributed by atoms with Crippen molar-refractivity contribution >= 4 is 17.1 Å². The highest BCUT2D eigenvalue weighted by Crippen LogP contribution is 2.40. The molecule has 3 aromatic heterocycles. The molecule has 73 heavy (non-hydrogen) atoms. The first-order valence-corrected chi connectivity index (χ1v) is 24.7. The van der Waals surface area contributed by atoms with Crippen LogP contribution in [0, 0.1) is 0 Å². The minimum absolute atomic E-state index is 0.935. The first kappa shape index (κ1) is 44.4. The van der Waals surface area contributed by atoms with E-state index in [0.717, 1.165) is 118 Å². The molecule has 0 fully saturated rings. The predicted molar refractivity (Wildman–Crippen MR) is 303 cm³/mol. The fraction of sp³-hybridized carbons (Fsp3) is 0. The average Bonchev–Trinajstić information content (AvgIpc) is 3.49. The maximum absolute atomic E-state index is 5.15. The first-order chi connectivity index (χ1) is 36.1. The van der Waals surface area contributed by atoms with E-state index in [1.165, 1.54) is 0 Å². The molecule has 344 valence electrons. The molecule has 0 saturated heterocycles. The Kier molecular flexibility index (Phi) is 12.4. The van der Waals surface area contributed by atoms with E-state index in [1.54, 1.807) is 0 Å². The minimum Gasteiger partial charge on any atom is -0.311 e. The lowest BCUT2D eigenvalue weighted by molar-refractivity contribution is 1.28. The molecule has 12 aromatic rings. The monoisotopic (exact) mass is 932 g/mol. The quantitative estimate of drug-likeness (QED) is 0.122. The largest absolute Gasteiger partial charge is 0.311 e. The van der Waals surface area contributed by atoms with E-state index in [-0.39, 0.29) is 0 Å². The van der Waals surface area contributed by atoms with Crippen LogP contribution in [-0.2, 0) is 0 Å². The Balaban J connectivity index is 0.949. The van der Waals surface area contributed by atoms with Gasteiger partial charge in [-0.3, -0.25) is 0 Å². The van der Waals surface area contributed by atoms with Crippen LogP contribution in [0.25, 0.3) is 101 Å². The molecule has 0 spiro atoms. The number of nitrogens with zero attached hydrogens (tertiary/aromatic N) is 4. The van der Waals surface area contributed by atoms with Crippen LogP contribution in [0.15, 0.2) is 291 Å². The van der Waals surface area contributed by atoms with E-state index in [2.05, 4.69) is 260 Å². The molecule has 9 aromatic carbocycles. The second-order valence-electron chi connectivity index (χ2n) is 18.1. The summed E-state index contributed by atoms with van der Waals surface area (Å²) in [4.78, 5) is 17.8. The van der Waals surface area contributed by atoms with Gasteiger partial charge in [0.25, 0.3) is 0 Å². The summed E-state index contributed by atoms with van der Waals surface area (Å²) in [7, 11) is 0. The second kappa shape index (κ2) is 20.3. The van der Waals surface area contributed by atoms with Crippen molar-refractivity contribution in [3.63, 3.8) is 0 Å². The fourth-order valence-corrected chi connectivity index (χ4v) is 9.49. The molecule has 0 aliphatic heterocycles. The summed E-state index contributed by atoms with van der Waals surface area (Å²) in [5, 5.41) is 0. The number of anilines is 3. The van der Waals surface area contributed by atoms with Crippen LogP contribution in [0.2, 0.25) is 0 Å². The molecular formula is C69H48N4. The third kappa shape index (κ3) is 9.74. The van der Waals surface area contributed by atoms with Gasteiger partial charge >= 0.3 is 0 Å². The molecule has 0 unspecified atom stereocenters. The molecule has 0 amide bonds. The normalized spacial score (nSPS) is 11.0. The van der Waals surface area contributed by atoms with Crippen LogP contribution in [-0.4, -0.2) is 15.0 Å². The maximum Gasteiger partial charge on any atom is 0.0715 e. The van der Waals surface area contributed by atoms with Crippen molar-refractivity contribution in [2.24, 2.45) is 0 Å².